The predicted molar refractivity (Wildman–Crippen MR) is 81.1 cm³/mol. The maximum Gasteiger partial charge on any atom is 0.282 e. The van der Waals surface area contributed by atoms with Crippen LogP contribution in [-0.4, -0.2) is 48.9 Å². The molecule has 1 atom stereocenters. The number of piperidine rings is 1. The molecule has 0 bridgehead atoms. The normalized spacial score (nSPS) is 21.5. The van der Waals surface area contributed by atoms with E-state index in [1.165, 1.54) is 19.9 Å². The zero-order chi connectivity index (χ0) is 14.8. The van der Waals surface area contributed by atoms with Crippen LogP contribution in [0.5, 0.6) is 0 Å². The van der Waals surface area contributed by atoms with E-state index in [1.54, 1.807) is 13.1 Å². The first-order chi connectivity index (χ1) is 9.43. The number of aliphatic hydroxyl groups is 1. The summed E-state index contributed by atoms with van der Waals surface area (Å²) in [5.41, 5.74) is 0. The lowest BCUT2D eigenvalue weighted by Crippen LogP contribution is -2.46. The molecule has 0 saturated carbocycles. The first-order valence-electron chi connectivity index (χ1n) is 6.50. The van der Waals surface area contributed by atoms with Crippen LogP contribution in [0.1, 0.15) is 17.7 Å². The molecular formula is C12H19ClN2O3S2. The Morgan fingerprint density at radius 3 is 2.90 bits per heavy atom. The number of hydrogen-bond donors (Lipinski definition) is 1. The molecule has 8 heteroatoms. The van der Waals surface area contributed by atoms with Gasteiger partial charge in [-0.25, -0.2) is 0 Å². The second kappa shape index (κ2) is 6.72. The number of thiophene rings is 1. The fourth-order valence-corrected chi connectivity index (χ4v) is 5.00. The summed E-state index contributed by atoms with van der Waals surface area (Å²) in [6, 6.07) is 3.61. The maximum atomic E-state index is 12.5. The van der Waals surface area contributed by atoms with Gasteiger partial charge in [-0.05, 0) is 30.9 Å². The van der Waals surface area contributed by atoms with Gasteiger partial charge in [0.15, 0.2) is 0 Å². The van der Waals surface area contributed by atoms with Crippen LogP contribution in [0.2, 0.25) is 4.34 Å². The number of halogens is 1. The molecule has 1 saturated heterocycles. The second-order valence-corrected chi connectivity index (χ2v) is 8.85. The third-order valence-electron chi connectivity index (χ3n) is 3.47. The Morgan fingerprint density at radius 2 is 2.30 bits per heavy atom. The van der Waals surface area contributed by atoms with Crippen LogP contribution in [0.4, 0.5) is 0 Å². The average Bonchev–Trinajstić information content (AvgIpc) is 2.84. The zero-order valence-electron chi connectivity index (χ0n) is 11.3. The van der Waals surface area contributed by atoms with Gasteiger partial charge in [0.2, 0.25) is 0 Å². The Labute approximate surface area is 128 Å². The monoisotopic (exact) mass is 338 g/mol. The number of rotatable bonds is 5. The SMILES string of the molecule is CN(Cc1ccc(Cl)s1)S(=O)(=O)N1CCCC(CO)C1. The largest absolute Gasteiger partial charge is 0.396 e. The first-order valence-corrected chi connectivity index (χ1v) is 9.09. The summed E-state index contributed by atoms with van der Waals surface area (Å²) in [7, 11) is -1.90. The highest BCUT2D eigenvalue weighted by Crippen LogP contribution is 2.25. The maximum absolute atomic E-state index is 12.5. The molecule has 0 spiro atoms. The minimum absolute atomic E-state index is 0.0380. The van der Waals surface area contributed by atoms with Crippen molar-refractivity contribution >= 4 is 33.1 Å². The van der Waals surface area contributed by atoms with E-state index in [0.29, 0.717) is 24.0 Å². The van der Waals surface area contributed by atoms with Crippen molar-refractivity contribution in [2.45, 2.75) is 19.4 Å². The molecule has 1 unspecified atom stereocenters. The van der Waals surface area contributed by atoms with Gasteiger partial charge in [0.05, 0.1) is 4.34 Å². The van der Waals surface area contributed by atoms with Gasteiger partial charge in [-0.3, -0.25) is 0 Å². The molecule has 1 aliphatic heterocycles. The van der Waals surface area contributed by atoms with E-state index in [0.717, 1.165) is 17.7 Å². The van der Waals surface area contributed by atoms with Gasteiger partial charge >= 0.3 is 0 Å². The van der Waals surface area contributed by atoms with E-state index in [4.69, 9.17) is 11.6 Å². The van der Waals surface area contributed by atoms with Crippen LogP contribution in [-0.2, 0) is 16.8 Å². The summed E-state index contributed by atoms with van der Waals surface area (Å²) >= 11 is 7.24. The molecule has 1 N–H and O–H groups in total. The lowest BCUT2D eigenvalue weighted by molar-refractivity contribution is 0.161. The van der Waals surface area contributed by atoms with Crippen LogP contribution < -0.4 is 0 Å². The zero-order valence-corrected chi connectivity index (χ0v) is 13.7. The number of hydrogen-bond acceptors (Lipinski definition) is 4. The van der Waals surface area contributed by atoms with Crippen LogP contribution in [0.25, 0.3) is 0 Å². The predicted octanol–water partition coefficient (Wildman–Crippen LogP) is 1.78. The quantitative estimate of drug-likeness (QED) is 0.890. The molecule has 1 aromatic rings. The van der Waals surface area contributed by atoms with Crippen molar-refractivity contribution in [3.05, 3.63) is 21.3 Å². The summed E-state index contributed by atoms with van der Waals surface area (Å²) in [6.07, 6.45) is 1.68. The van der Waals surface area contributed by atoms with Crippen LogP contribution in [0, 0.1) is 5.92 Å². The topological polar surface area (TPSA) is 60.9 Å². The highest BCUT2D eigenvalue weighted by molar-refractivity contribution is 7.86. The molecule has 20 heavy (non-hydrogen) atoms. The standard InChI is InChI=1S/C12H19ClN2O3S2/c1-14(8-11-4-5-12(13)19-11)20(17,18)15-6-2-3-10(7-15)9-16/h4-5,10,16H,2-3,6-9H2,1H3. The summed E-state index contributed by atoms with van der Waals surface area (Å²) in [5.74, 6) is 0.0445. The molecule has 0 radical (unpaired) electrons. The molecule has 2 heterocycles. The van der Waals surface area contributed by atoms with Gasteiger partial charge in [-0.2, -0.15) is 17.0 Å². The lowest BCUT2D eigenvalue weighted by atomic mass is 10.0. The van der Waals surface area contributed by atoms with Gasteiger partial charge in [-0.15, -0.1) is 11.3 Å². The first kappa shape index (κ1) is 16.2. The third-order valence-corrected chi connectivity index (χ3v) is 6.58. The fraction of sp³-hybridized carbons (Fsp3) is 0.667. The van der Waals surface area contributed by atoms with Gasteiger partial charge in [0.25, 0.3) is 10.2 Å². The second-order valence-electron chi connectivity index (χ2n) is 5.02. The minimum Gasteiger partial charge on any atom is -0.396 e. The summed E-state index contributed by atoms with van der Waals surface area (Å²) < 4.78 is 28.5. The van der Waals surface area contributed by atoms with Crippen molar-refractivity contribution in [1.29, 1.82) is 0 Å². The smallest absolute Gasteiger partial charge is 0.282 e. The highest BCUT2D eigenvalue weighted by atomic mass is 35.5. The highest BCUT2D eigenvalue weighted by Gasteiger charge is 2.31. The molecule has 1 fully saturated rings. The van der Waals surface area contributed by atoms with Gasteiger partial charge in [-0.1, -0.05) is 11.6 Å². The lowest BCUT2D eigenvalue weighted by Gasteiger charge is -2.33. The molecule has 0 aromatic carbocycles. The van der Waals surface area contributed by atoms with Gasteiger partial charge in [0, 0.05) is 38.2 Å². The van der Waals surface area contributed by atoms with Crippen molar-refractivity contribution in [3.63, 3.8) is 0 Å². The van der Waals surface area contributed by atoms with Crippen molar-refractivity contribution in [2.75, 3.05) is 26.7 Å². The average molecular weight is 339 g/mol. The molecule has 0 amide bonds. The molecular weight excluding hydrogens is 320 g/mol. The van der Waals surface area contributed by atoms with E-state index in [-0.39, 0.29) is 12.5 Å². The molecule has 1 aromatic heterocycles. The number of nitrogens with zero attached hydrogens (tertiary/aromatic N) is 2. The van der Waals surface area contributed by atoms with Gasteiger partial charge < -0.3 is 5.11 Å². The van der Waals surface area contributed by atoms with Crippen molar-refractivity contribution in [3.8, 4) is 0 Å². The number of aliphatic hydroxyl groups excluding tert-OH is 1. The summed E-state index contributed by atoms with van der Waals surface area (Å²) in [4.78, 5) is 0.914. The van der Waals surface area contributed by atoms with Crippen molar-refractivity contribution < 1.29 is 13.5 Å². The molecule has 5 nitrogen and oxygen atoms in total. The van der Waals surface area contributed by atoms with E-state index < -0.39 is 10.2 Å². The van der Waals surface area contributed by atoms with E-state index >= 15 is 0 Å². The Morgan fingerprint density at radius 1 is 1.55 bits per heavy atom. The molecule has 1 aliphatic rings. The van der Waals surface area contributed by atoms with E-state index in [9.17, 15) is 13.5 Å². The van der Waals surface area contributed by atoms with Crippen molar-refractivity contribution in [2.24, 2.45) is 5.92 Å². The third kappa shape index (κ3) is 3.72. The molecule has 0 aliphatic carbocycles. The Balaban J connectivity index is 2.05. The Hall–Kier alpha value is -0.180. The van der Waals surface area contributed by atoms with Crippen LogP contribution >= 0.6 is 22.9 Å². The van der Waals surface area contributed by atoms with Crippen molar-refractivity contribution in [1.82, 2.24) is 8.61 Å². The van der Waals surface area contributed by atoms with Crippen LogP contribution in [0.3, 0.4) is 0 Å². The van der Waals surface area contributed by atoms with E-state index in [1.807, 2.05) is 6.07 Å². The fourth-order valence-electron chi connectivity index (χ4n) is 2.32. The van der Waals surface area contributed by atoms with E-state index in [2.05, 4.69) is 0 Å². The Kier molecular flexibility index (Phi) is 5.44. The van der Waals surface area contributed by atoms with Gasteiger partial charge in [0.1, 0.15) is 0 Å². The minimum atomic E-state index is -3.47. The van der Waals surface area contributed by atoms with Crippen LogP contribution in [0.15, 0.2) is 12.1 Å². The Bertz CT molecular complexity index is 547. The molecule has 2 rings (SSSR count). The summed E-state index contributed by atoms with van der Waals surface area (Å²) in [5, 5.41) is 9.20. The molecule has 114 valence electrons. The summed E-state index contributed by atoms with van der Waals surface area (Å²) in [6.45, 7) is 1.28.